The van der Waals surface area contributed by atoms with E-state index in [-0.39, 0.29) is 6.61 Å². The summed E-state index contributed by atoms with van der Waals surface area (Å²) in [7, 11) is -3.25. The Labute approximate surface area is 213 Å². The summed E-state index contributed by atoms with van der Waals surface area (Å²) >= 11 is 0. The number of aromatic nitrogens is 1. The first-order valence-electron chi connectivity index (χ1n) is 12.1. The molecule has 36 heavy (non-hydrogen) atoms. The zero-order valence-electron chi connectivity index (χ0n) is 20.4. The van der Waals surface area contributed by atoms with Crippen LogP contribution in [0.2, 0.25) is 0 Å². The van der Waals surface area contributed by atoms with Crippen molar-refractivity contribution in [3.8, 4) is 34.0 Å². The number of para-hydroxylation sites is 1. The van der Waals surface area contributed by atoms with Crippen molar-refractivity contribution in [1.82, 2.24) is 9.88 Å². The fourth-order valence-electron chi connectivity index (χ4n) is 4.15. The highest BCUT2D eigenvalue weighted by atomic mass is 32.2. The van der Waals surface area contributed by atoms with Gasteiger partial charge in [0.15, 0.2) is 9.84 Å². The minimum absolute atomic E-state index is 0.136. The van der Waals surface area contributed by atoms with Crippen LogP contribution < -0.4 is 10.1 Å². The molecule has 0 unspecified atom stereocenters. The van der Waals surface area contributed by atoms with Gasteiger partial charge >= 0.3 is 0 Å². The molecule has 0 atom stereocenters. The summed E-state index contributed by atoms with van der Waals surface area (Å²) in [5, 5.41) is 12.2. The lowest BCUT2D eigenvalue weighted by Gasteiger charge is -2.15. The molecule has 0 saturated heterocycles. The van der Waals surface area contributed by atoms with E-state index >= 15 is 0 Å². The topological polar surface area (TPSA) is 80.6 Å². The zero-order valence-corrected chi connectivity index (χ0v) is 21.2. The largest absolute Gasteiger partial charge is 0.457 e. The van der Waals surface area contributed by atoms with Crippen molar-refractivity contribution >= 4 is 9.84 Å². The smallest absolute Gasteiger partial charge is 0.175 e. The highest BCUT2D eigenvalue weighted by Crippen LogP contribution is 2.33. The maximum atomic E-state index is 11.9. The number of nitrogens with one attached hydrogen (secondary N) is 1. The summed E-state index contributed by atoms with van der Waals surface area (Å²) in [6.07, 6.45) is 3.15. The molecule has 0 aliphatic rings. The van der Waals surface area contributed by atoms with Crippen LogP contribution >= 0.6 is 0 Å². The molecule has 6 nitrogen and oxygen atoms in total. The summed E-state index contributed by atoms with van der Waals surface area (Å²) < 4.78 is 32.2. The second-order valence-corrected chi connectivity index (χ2v) is 10.7. The lowest BCUT2D eigenvalue weighted by Crippen LogP contribution is -2.19. The molecule has 0 amide bonds. The number of ether oxygens (including phenoxy) is 1. The maximum Gasteiger partial charge on any atom is 0.175 e. The van der Waals surface area contributed by atoms with Crippen LogP contribution in [0.15, 0.2) is 95.9 Å². The van der Waals surface area contributed by atoms with Gasteiger partial charge in [0.05, 0.1) is 11.5 Å². The molecule has 0 fully saturated rings. The normalized spacial score (nSPS) is 11.5. The zero-order chi connectivity index (χ0) is 25.4. The SMILES string of the molecule is CS(=O)(=O)c1ccc(-c2ccc(-c3cccc(Oc4ccccc4)c3)n2CCCCNCCO)cc1. The van der Waals surface area contributed by atoms with E-state index in [9.17, 15) is 8.42 Å². The Morgan fingerprint density at radius 2 is 1.47 bits per heavy atom. The van der Waals surface area contributed by atoms with E-state index < -0.39 is 9.84 Å². The number of unbranched alkanes of at least 4 members (excludes halogenated alkanes) is 1. The molecular weight excluding hydrogens is 472 g/mol. The van der Waals surface area contributed by atoms with E-state index in [4.69, 9.17) is 9.84 Å². The quantitative estimate of drug-likeness (QED) is 0.253. The van der Waals surface area contributed by atoms with Gasteiger partial charge in [0, 0.05) is 36.3 Å². The van der Waals surface area contributed by atoms with Gasteiger partial charge in [0.1, 0.15) is 11.5 Å². The number of benzene rings is 3. The Bertz CT molecular complexity index is 1360. The molecule has 3 aromatic carbocycles. The van der Waals surface area contributed by atoms with Crippen molar-refractivity contribution in [1.29, 1.82) is 0 Å². The van der Waals surface area contributed by atoms with Crippen LogP contribution in [0, 0.1) is 0 Å². The average Bonchev–Trinajstić information content (AvgIpc) is 3.30. The van der Waals surface area contributed by atoms with E-state index in [0.29, 0.717) is 11.4 Å². The number of rotatable bonds is 12. The third-order valence-electron chi connectivity index (χ3n) is 5.94. The molecule has 188 valence electrons. The fraction of sp³-hybridized carbons (Fsp3) is 0.241. The molecule has 7 heteroatoms. The van der Waals surface area contributed by atoms with Crippen molar-refractivity contribution in [2.24, 2.45) is 0 Å². The van der Waals surface area contributed by atoms with Crippen LogP contribution in [0.4, 0.5) is 0 Å². The Morgan fingerprint density at radius 3 is 2.17 bits per heavy atom. The molecule has 0 spiro atoms. The summed E-state index contributed by atoms with van der Waals surface area (Å²) in [6.45, 7) is 2.38. The average molecular weight is 505 g/mol. The van der Waals surface area contributed by atoms with Crippen molar-refractivity contribution in [2.75, 3.05) is 26.0 Å². The maximum absolute atomic E-state index is 11.9. The Hall–Kier alpha value is -3.39. The first-order chi connectivity index (χ1) is 17.5. The van der Waals surface area contributed by atoms with Gasteiger partial charge < -0.3 is 19.7 Å². The first-order valence-corrected chi connectivity index (χ1v) is 14.0. The van der Waals surface area contributed by atoms with Crippen LogP contribution in [0.3, 0.4) is 0 Å². The summed E-state index contributed by atoms with van der Waals surface area (Å²) in [5.41, 5.74) is 4.10. The summed E-state index contributed by atoms with van der Waals surface area (Å²) in [6, 6.07) is 29.0. The second kappa shape index (κ2) is 12.0. The number of hydrogen-bond donors (Lipinski definition) is 2. The second-order valence-electron chi connectivity index (χ2n) is 8.68. The van der Waals surface area contributed by atoms with E-state index in [1.807, 2.05) is 60.7 Å². The van der Waals surface area contributed by atoms with E-state index in [0.717, 1.165) is 59.9 Å². The molecule has 0 aliphatic carbocycles. The number of aliphatic hydroxyl groups is 1. The first kappa shape index (κ1) is 25.7. The predicted molar refractivity (Wildman–Crippen MR) is 144 cm³/mol. The van der Waals surface area contributed by atoms with Crippen LogP contribution in [0.5, 0.6) is 11.5 Å². The van der Waals surface area contributed by atoms with Crippen molar-refractivity contribution < 1.29 is 18.3 Å². The van der Waals surface area contributed by atoms with Crippen LogP contribution in [-0.2, 0) is 16.4 Å². The van der Waals surface area contributed by atoms with E-state index in [2.05, 4.69) is 28.1 Å². The minimum atomic E-state index is -3.25. The lowest BCUT2D eigenvalue weighted by molar-refractivity contribution is 0.292. The van der Waals surface area contributed by atoms with E-state index in [1.165, 1.54) is 6.26 Å². The fourth-order valence-corrected chi connectivity index (χ4v) is 4.78. The van der Waals surface area contributed by atoms with Gasteiger partial charge in [0.2, 0.25) is 0 Å². The number of nitrogens with zero attached hydrogens (tertiary/aromatic N) is 1. The van der Waals surface area contributed by atoms with Crippen LogP contribution in [0.25, 0.3) is 22.5 Å². The number of hydrogen-bond acceptors (Lipinski definition) is 5. The number of sulfone groups is 1. The molecule has 1 aromatic heterocycles. The number of aliphatic hydroxyl groups excluding tert-OH is 1. The van der Waals surface area contributed by atoms with Crippen molar-refractivity contribution in [3.05, 3.63) is 91.0 Å². The van der Waals surface area contributed by atoms with Crippen LogP contribution in [-0.4, -0.2) is 44.0 Å². The third kappa shape index (κ3) is 6.63. The van der Waals surface area contributed by atoms with Gasteiger partial charge in [-0.05, 0) is 73.5 Å². The van der Waals surface area contributed by atoms with Gasteiger partial charge in [0.25, 0.3) is 0 Å². The third-order valence-corrected chi connectivity index (χ3v) is 7.07. The Morgan fingerprint density at radius 1 is 0.778 bits per heavy atom. The minimum Gasteiger partial charge on any atom is -0.457 e. The molecule has 1 heterocycles. The standard InChI is InChI=1S/C29H32N2O4S/c1-36(33,34)27-14-12-23(13-15-27)28-16-17-29(31(28)20-6-5-18-30-19-21-32)24-8-7-11-26(22-24)35-25-9-3-2-4-10-25/h2-4,7-17,22,30,32H,5-6,18-21H2,1H3. The highest BCUT2D eigenvalue weighted by Gasteiger charge is 2.14. The molecule has 0 aliphatic heterocycles. The summed E-state index contributed by atoms with van der Waals surface area (Å²) in [5.74, 6) is 1.55. The van der Waals surface area contributed by atoms with Gasteiger partial charge in [-0.15, -0.1) is 0 Å². The predicted octanol–water partition coefficient (Wildman–Crippen LogP) is 5.38. The van der Waals surface area contributed by atoms with Gasteiger partial charge in [-0.2, -0.15) is 0 Å². The van der Waals surface area contributed by atoms with Gasteiger partial charge in [-0.3, -0.25) is 0 Å². The van der Waals surface area contributed by atoms with Gasteiger partial charge in [-0.25, -0.2) is 8.42 Å². The lowest BCUT2D eigenvalue weighted by atomic mass is 10.1. The Balaban J connectivity index is 1.63. The van der Waals surface area contributed by atoms with Gasteiger partial charge in [-0.1, -0.05) is 42.5 Å². The highest BCUT2D eigenvalue weighted by molar-refractivity contribution is 7.90. The monoisotopic (exact) mass is 504 g/mol. The molecule has 4 aromatic rings. The molecule has 0 bridgehead atoms. The molecule has 2 N–H and O–H groups in total. The molecule has 0 saturated carbocycles. The molecule has 4 rings (SSSR count). The van der Waals surface area contributed by atoms with E-state index in [1.54, 1.807) is 12.1 Å². The van der Waals surface area contributed by atoms with Crippen molar-refractivity contribution in [3.63, 3.8) is 0 Å². The molecular formula is C29H32N2O4S. The Kier molecular flexibility index (Phi) is 8.59. The summed E-state index contributed by atoms with van der Waals surface area (Å²) in [4.78, 5) is 0.310. The van der Waals surface area contributed by atoms with Crippen LogP contribution in [0.1, 0.15) is 12.8 Å². The van der Waals surface area contributed by atoms with Crippen molar-refractivity contribution in [2.45, 2.75) is 24.3 Å². The molecule has 0 radical (unpaired) electrons.